The van der Waals surface area contributed by atoms with Gasteiger partial charge in [-0.25, -0.2) is 0 Å². The van der Waals surface area contributed by atoms with E-state index >= 15 is 0 Å². The number of benzene rings is 1. The second-order valence-electron chi connectivity index (χ2n) is 4.38. The van der Waals surface area contributed by atoms with Crippen LogP contribution in [-0.4, -0.2) is 19.9 Å². The Kier molecular flexibility index (Phi) is 5.76. The van der Waals surface area contributed by atoms with E-state index in [0.29, 0.717) is 24.2 Å². The van der Waals surface area contributed by atoms with Gasteiger partial charge in [0.25, 0.3) is 0 Å². The zero-order valence-electron chi connectivity index (χ0n) is 11.2. The van der Waals surface area contributed by atoms with Gasteiger partial charge in [-0.3, -0.25) is 4.79 Å². The number of hydrogen-bond acceptors (Lipinski definition) is 3. The van der Waals surface area contributed by atoms with E-state index in [4.69, 9.17) is 17.3 Å². The largest absolute Gasteiger partial charge is 0.487 e. The molecule has 0 saturated heterocycles. The van der Waals surface area contributed by atoms with Gasteiger partial charge in [0.2, 0.25) is 0 Å². The van der Waals surface area contributed by atoms with Gasteiger partial charge in [0.15, 0.2) is 11.5 Å². The van der Waals surface area contributed by atoms with Crippen molar-refractivity contribution in [2.45, 2.75) is 46.0 Å². The zero-order valence-corrected chi connectivity index (χ0v) is 11.2. The quantitative estimate of drug-likeness (QED) is 0.440. The molecule has 0 unspecified atom stereocenters. The van der Waals surface area contributed by atoms with Crippen LogP contribution in [0.2, 0.25) is 0 Å². The van der Waals surface area contributed by atoms with Crippen molar-refractivity contribution in [2.24, 2.45) is 0 Å². The Morgan fingerprint density at radius 3 is 2.61 bits per heavy atom. The fourth-order valence-electron chi connectivity index (χ4n) is 1.49. The Balaban J connectivity index is 2.90. The van der Waals surface area contributed by atoms with E-state index in [2.05, 4.69) is 0 Å². The Labute approximate surface area is 110 Å². The van der Waals surface area contributed by atoms with Gasteiger partial charge in [-0.1, -0.05) is 24.9 Å². The summed E-state index contributed by atoms with van der Waals surface area (Å²) in [5, 5.41) is 0. The van der Waals surface area contributed by atoms with Crippen LogP contribution in [0.5, 0.6) is 11.5 Å². The maximum Gasteiger partial charge on any atom is 0.311 e. The zero-order chi connectivity index (χ0) is 13.5. The Morgan fingerprint density at radius 1 is 1.33 bits per heavy atom. The Morgan fingerprint density at radius 2 is 2.06 bits per heavy atom. The van der Waals surface area contributed by atoms with Gasteiger partial charge >= 0.3 is 5.97 Å². The molecule has 0 aliphatic heterocycles. The molecule has 0 N–H and O–H groups in total. The molecule has 0 spiro atoms. The summed E-state index contributed by atoms with van der Waals surface area (Å²) in [7, 11) is 5.59. The summed E-state index contributed by atoms with van der Waals surface area (Å²) >= 11 is 0. The highest BCUT2D eigenvalue weighted by atomic mass is 16.6. The third-order valence-corrected chi connectivity index (χ3v) is 2.28. The molecule has 18 heavy (non-hydrogen) atoms. The first-order valence-electron chi connectivity index (χ1n) is 6.27. The standard InChI is InChI=1S/C14H19BO3/c1-4-5-14(16)18-12-7-6-11(9-15)8-13(12)17-10(2)3/h6-8,10H,4-5,9H2,1-3H3. The monoisotopic (exact) mass is 246 g/mol. The highest BCUT2D eigenvalue weighted by Gasteiger charge is 2.11. The second-order valence-corrected chi connectivity index (χ2v) is 4.38. The summed E-state index contributed by atoms with van der Waals surface area (Å²) in [6.07, 6.45) is 1.61. The topological polar surface area (TPSA) is 35.5 Å². The molecule has 1 aromatic carbocycles. The van der Waals surface area contributed by atoms with Crippen LogP contribution in [0.15, 0.2) is 18.2 Å². The predicted molar refractivity (Wildman–Crippen MR) is 72.2 cm³/mol. The van der Waals surface area contributed by atoms with Gasteiger partial charge in [0, 0.05) is 6.42 Å². The van der Waals surface area contributed by atoms with E-state index < -0.39 is 0 Å². The lowest BCUT2D eigenvalue weighted by Crippen LogP contribution is -2.11. The smallest absolute Gasteiger partial charge is 0.311 e. The van der Waals surface area contributed by atoms with Crippen LogP contribution >= 0.6 is 0 Å². The van der Waals surface area contributed by atoms with Gasteiger partial charge < -0.3 is 9.47 Å². The lowest BCUT2D eigenvalue weighted by atomic mass is 9.97. The number of esters is 1. The SMILES string of the molecule is [B]Cc1ccc(OC(=O)CCC)c(OC(C)C)c1. The van der Waals surface area contributed by atoms with E-state index in [1.54, 1.807) is 6.07 Å². The average molecular weight is 246 g/mol. The summed E-state index contributed by atoms with van der Waals surface area (Å²) < 4.78 is 10.9. The van der Waals surface area contributed by atoms with Crippen LogP contribution in [0.25, 0.3) is 0 Å². The second kappa shape index (κ2) is 7.09. The van der Waals surface area contributed by atoms with Crippen LogP contribution < -0.4 is 9.47 Å². The summed E-state index contributed by atoms with van der Waals surface area (Å²) in [6.45, 7) is 5.78. The summed E-state index contributed by atoms with van der Waals surface area (Å²) in [5.74, 6) is 0.781. The fourth-order valence-corrected chi connectivity index (χ4v) is 1.49. The van der Waals surface area contributed by atoms with E-state index in [0.717, 1.165) is 12.0 Å². The van der Waals surface area contributed by atoms with E-state index in [1.165, 1.54) is 0 Å². The summed E-state index contributed by atoms with van der Waals surface area (Å²) in [4.78, 5) is 11.5. The number of rotatable bonds is 6. The van der Waals surface area contributed by atoms with E-state index in [1.807, 2.05) is 32.9 Å². The van der Waals surface area contributed by atoms with Gasteiger partial charge in [-0.2, -0.15) is 0 Å². The first-order chi connectivity index (χ1) is 8.56. The van der Waals surface area contributed by atoms with Gasteiger partial charge in [0.05, 0.1) is 14.0 Å². The van der Waals surface area contributed by atoms with Crippen molar-refractivity contribution in [3.8, 4) is 11.5 Å². The van der Waals surface area contributed by atoms with Gasteiger partial charge in [-0.05, 0) is 32.4 Å². The fraction of sp³-hybridized carbons (Fsp3) is 0.500. The third kappa shape index (κ3) is 4.44. The normalized spacial score (nSPS) is 10.4. The van der Waals surface area contributed by atoms with Crippen molar-refractivity contribution in [1.82, 2.24) is 0 Å². The molecule has 1 aromatic rings. The van der Waals surface area contributed by atoms with Crippen LogP contribution in [-0.2, 0) is 11.1 Å². The molecule has 2 radical (unpaired) electrons. The van der Waals surface area contributed by atoms with Crippen molar-refractivity contribution in [3.63, 3.8) is 0 Å². The molecule has 0 atom stereocenters. The van der Waals surface area contributed by atoms with Crippen molar-refractivity contribution >= 4 is 13.8 Å². The van der Waals surface area contributed by atoms with Crippen molar-refractivity contribution in [1.29, 1.82) is 0 Å². The van der Waals surface area contributed by atoms with Crippen molar-refractivity contribution < 1.29 is 14.3 Å². The van der Waals surface area contributed by atoms with E-state index in [9.17, 15) is 4.79 Å². The van der Waals surface area contributed by atoms with E-state index in [-0.39, 0.29) is 12.1 Å². The van der Waals surface area contributed by atoms with Crippen LogP contribution in [0.3, 0.4) is 0 Å². The molecule has 0 aromatic heterocycles. The minimum atomic E-state index is -0.244. The highest BCUT2D eigenvalue weighted by Crippen LogP contribution is 2.29. The van der Waals surface area contributed by atoms with Crippen molar-refractivity contribution in [2.75, 3.05) is 0 Å². The number of ether oxygens (including phenoxy) is 2. The summed E-state index contributed by atoms with van der Waals surface area (Å²) in [6, 6.07) is 5.38. The molecular formula is C14H19BO3. The summed E-state index contributed by atoms with van der Waals surface area (Å²) in [5.41, 5.74) is 0.945. The first kappa shape index (κ1) is 14.6. The molecule has 0 heterocycles. The average Bonchev–Trinajstić information content (AvgIpc) is 2.31. The number of carbonyl (C=O) groups excluding carboxylic acids is 1. The molecule has 1 rings (SSSR count). The van der Waals surface area contributed by atoms with Crippen LogP contribution in [0.4, 0.5) is 0 Å². The third-order valence-electron chi connectivity index (χ3n) is 2.28. The molecule has 0 aliphatic rings. The highest BCUT2D eigenvalue weighted by molar-refractivity contribution is 6.08. The Bertz CT molecular complexity index is 402. The molecule has 0 bridgehead atoms. The molecule has 0 saturated carbocycles. The number of hydrogen-bond donors (Lipinski definition) is 0. The Hall–Kier alpha value is -1.45. The molecule has 0 fully saturated rings. The first-order valence-corrected chi connectivity index (χ1v) is 6.27. The maximum absolute atomic E-state index is 11.5. The molecule has 96 valence electrons. The van der Waals surface area contributed by atoms with Crippen molar-refractivity contribution in [3.05, 3.63) is 23.8 Å². The molecule has 3 nitrogen and oxygen atoms in total. The molecule has 4 heteroatoms. The lowest BCUT2D eigenvalue weighted by Gasteiger charge is -2.15. The predicted octanol–water partition coefficient (Wildman–Crippen LogP) is 2.85. The van der Waals surface area contributed by atoms with Gasteiger partial charge in [0.1, 0.15) is 0 Å². The molecule has 0 aliphatic carbocycles. The maximum atomic E-state index is 11.5. The molecule has 0 amide bonds. The van der Waals surface area contributed by atoms with Crippen LogP contribution in [0, 0.1) is 0 Å². The minimum absolute atomic E-state index is 0.0154. The van der Waals surface area contributed by atoms with Gasteiger partial charge in [-0.15, -0.1) is 0 Å². The minimum Gasteiger partial charge on any atom is -0.487 e. The number of carbonyl (C=O) groups is 1. The van der Waals surface area contributed by atoms with Crippen LogP contribution in [0.1, 0.15) is 39.2 Å². The molecular weight excluding hydrogens is 227 g/mol. The lowest BCUT2D eigenvalue weighted by molar-refractivity contribution is -0.134.